The van der Waals surface area contributed by atoms with E-state index in [1.165, 1.54) is 0 Å². The van der Waals surface area contributed by atoms with E-state index in [-0.39, 0.29) is 5.75 Å². The van der Waals surface area contributed by atoms with Gasteiger partial charge in [0.25, 0.3) is 0 Å². The monoisotopic (exact) mass is 413 g/mol. The normalized spacial score (nSPS) is 12.6. The second kappa shape index (κ2) is 5.24. The van der Waals surface area contributed by atoms with Crippen molar-refractivity contribution in [3.63, 3.8) is 0 Å². The zero-order valence-electron chi connectivity index (χ0n) is 16.8. The lowest BCUT2D eigenvalue weighted by molar-refractivity contribution is 0.475. The molecule has 32 heavy (non-hydrogen) atoms. The van der Waals surface area contributed by atoms with Gasteiger partial charge < -0.3 is 19.0 Å². The van der Waals surface area contributed by atoms with E-state index in [1.54, 1.807) is 18.2 Å². The molecule has 0 amide bonds. The predicted molar refractivity (Wildman–Crippen MR) is 129 cm³/mol. The number of hydrogen-bond donors (Lipinski definition) is 2. The molecule has 5 aromatic carbocycles. The van der Waals surface area contributed by atoms with E-state index >= 15 is 0 Å². The van der Waals surface area contributed by atoms with Gasteiger partial charge in [0.2, 0.25) is 0 Å². The predicted octanol–water partition coefficient (Wildman–Crippen LogP) is 7.30. The summed E-state index contributed by atoms with van der Waals surface area (Å²) in [6.07, 6.45) is 0. The minimum atomic E-state index is 0.198. The molecule has 0 saturated carbocycles. The maximum atomic E-state index is 10.7. The summed E-state index contributed by atoms with van der Waals surface area (Å²) in [7, 11) is 0. The summed E-state index contributed by atoms with van der Waals surface area (Å²) in [4.78, 5) is 0. The Hall–Kier alpha value is -4.44. The van der Waals surface area contributed by atoms with Crippen LogP contribution in [0.1, 0.15) is 0 Å². The van der Waals surface area contributed by atoms with E-state index in [0.29, 0.717) is 11.3 Å². The SMILES string of the molecule is Oc1ccc2c(c1)oc1cc3cc4c5ccc(O)c6c7ccccc7n(c4cc3cc12)c56. The number of para-hydroxylation sites is 1. The number of hydrogen-bond acceptors (Lipinski definition) is 3. The summed E-state index contributed by atoms with van der Waals surface area (Å²) in [5.41, 5.74) is 4.75. The molecule has 8 aromatic rings. The molecule has 3 heterocycles. The van der Waals surface area contributed by atoms with Crippen LogP contribution in [0, 0.1) is 0 Å². The van der Waals surface area contributed by atoms with E-state index in [2.05, 4.69) is 40.8 Å². The zero-order chi connectivity index (χ0) is 21.1. The van der Waals surface area contributed by atoms with Crippen LogP contribution in [0.3, 0.4) is 0 Å². The maximum absolute atomic E-state index is 10.7. The Morgan fingerprint density at radius 1 is 0.594 bits per heavy atom. The van der Waals surface area contributed by atoms with E-state index in [1.807, 2.05) is 24.3 Å². The van der Waals surface area contributed by atoms with Gasteiger partial charge in [0, 0.05) is 33.0 Å². The third kappa shape index (κ3) is 1.80. The minimum Gasteiger partial charge on any atom is -0.508 e. The van der Waals surface area contributed by atoms with Crippen molar-refractivity contribution in [2.24, 2.45) is 0 Å². The average molecular weight is 413 g/mol. The zero-order valence-corrected chi connectivity index (χ0v) is 16.8. The van der Waals surface area contributed by atoms with Gasteiger partial charge in [-0.25, -0.2) is 0 Å². The lowest BCUT2D eigenvalue weighted by Gasteiger charge is -2.02. The Morgan fingerprint density at radius 2 is 1.38 bits per heavy atom. The van der Waals surface area contributed by atoms with Gasteiger partial charge in [-0.1, -0.05) is 18.2 Å². The van der Waals surface area contributed by atoms with Gasteiger partial charge in [-0.2, -0.15) is 0 Å². The molecule has 8 rings (SSSR count). The lowest BCUT2D eigenvalue weighted by Crippen LogP contribution is -1.81. The molecule has 0 atom stereocenters. The fraction of sp³-hybridized carbons (Fsp3) is 0. The highest BCUT2D eigenvalue weighted by Crippen LogP contribution is 2.44. The average Bonchev–Trinajstić information content (AvgIpc) is 3.42. The number of phenolic OH excluding ortho intramolecular Hbond substituents is 2. The first-order valence-electron chi connectivity index (χ1n) is 10.6. The van der Waals surface area contributed by atoms with Crippen molar-refractivity contribution >= 4 is 70.8 Å². The van der Waals surface area contributed by atoms with Crippen LogP contribution in [-0.4, -0.2) is 14.6 Å². The highest BCUT2D eigenvalue weighted by atomic mass is 16.3. The van der Waals surface area contributed by atoms with Crippen LogP contribution < -0.4 is 0 Å². The van der Waals surface area contributed by atoms with E-state index in [4.69, 9.17) is 4.42 Å². The third-order valence-corrected chi connectivity index (χ3v) is 6.85. The van der Waals surface area contributed by atoms with E-state index in [0.717, 1.165) is 65.2 Å². The largest absolute Gasteiger partial charge is 0.508 e. The molecule has 4 heteroatoms. The van der Waals surface area contributed by atoms with Crippen LogP contribution in [-0.2, 0) is 0 Å². The Balaban J connectivity index is 1.60. The lowest BCUT2D eigenvalue weighted by atomic mass is 10.0. The summed E-state index contributed by atoms with van der Waals surface area (Å²) >= 11 is 0. The van der Waals surface area contributed by atoms with Crippen molar-refractivity contribution in [1.82, 2.24) is 4.40 Å². The van der Waals surface area contributed by atoms with Crippen molar-refractivity contribution in [3.05, 3.63) is 78.9 Å². The van der Waals surface area contributed by atoms with Gasteiger partial charge >= 0.3 is 0 Å². The van der Waals surface area contributed by atoms with Crippen LogP contribution in [0.4, 0.5) is 0 Å². The molecule has 0 aliphatic heterocycles. The van der Waals surface area contributed by atoms with Gasteiger partial charge in [0.05, 0.1) is 21.9 Å². The first-order valence-corrected chi connectivity index (χ1v) is 10.6. The van der Waals surface area contributed by atoms with Crippen molar-refractivity contribution in [2.45, 2.75) is 0 Å². The van der Waals surface area contributed by atoms with Crippen LogP contribution >= 0.6 is 0 Å². The number of fused-ring (bicyclic) bond motifs is 10. The molecule has 4 nitrogen and oxygen atoms in total. The smallest absolute Gasteiger partial charge is 0.139 e. The number of rotatable bonds is 0. The summed E-state index contributed by atoms with van der Waals surface area (Å²) in [5.74, 6) is 0.506. The van der Waals surface area contributed by atoms with Gasteiger partial charge in [0.1, 0.15) is 22.7 Å². The standard InChI is InChI=1S/C28H15NO3/c30-16-5-6-17-21-10-14-11-23-20(9-15(14)12-25(21)32-26(17)13-16)18-7-8-24(31)27-19-3-1-2-4-22(19)29(23)28(18)27/h1-13,30-31H. The van der Waals surface area contributed by atoms with Crippen molar-refractivity contribution in [3.8, 4) is 11.5 Å². The molecule has 2 N–H and O–H groups in total. The first-order chi connectivity index (χ1) is 15.7. The molecule has 150 valence electrons. The molecule has 0 saturated heterocycles. The molecule has 0 unspecified atom stereocenters. The summed E-state index contributed by atoms with van der Waals surface area (Å²) in [5, 5.41) is 29.0. The molecular weight excluding hydrogens is 398 g/mol. The van der Waals surface area contributed by atoms with E-state index in [9.17, 15) is 10.2 Å². The molecule has 0 aliphatic carbocycles. The number of phenols is 2. The number of benzene rings is 5. The second-order valence-corrected chi connectivity index (χ2v) is 8.56. The Kier molecular flexibility index (Phi) is 2.66. The second-order valence-electron chi connectivity index (χ2n) is 8.56. The molecular formula is C28H15NO3. The topological polar surface area (TPSA) is 58.0 Å². The van der Waals surface area contributed by atoms with Crippen molar-refractivity contribution < 1.29 is 14.6 Å². The molecule has 0 bridgehead atoms. The number of furan rings is 1. The highest BCUT2D eigenvalue weighted by Gasteiger charge is 2.20. The summed E-state index contributed by atoms with van der Waals surface area (Å²) in [6, 6.07) is 26.0. The molecule has 0 aliphatic rings. The molecule has 0 fully saturated rings. The van der Waals surface area contributed by atoms with Gasteiger partial charge in [-0.3, -0.25) is 0 Å². The van der Waals surface area contributed by atoms with E-state index < -0.39 is 0 Å². The quantitative estimate of drug-likeness (QED) is 0.274. The number of aromatic hydroxyl groups is 2. The Morgan fingerprint density at radius 3 is 2.31 bits per heavy atom. The van der Waals surface area contributed by atoms with Gasteiger partial charge in [0.15, 0.2) is 0 Å². The Labute approximate surface area is 180 Å². The van der Waals surface area contributed by atoms with Crippen LogP contribution in [0.25, 0.3) is 70.8 Å². The van der Waals surface area contributed by atoms with Crippen LogP contribution in [0.5, 0.6) is 11.5 Å². The first kappa shape index (κ1) is 16.3. The molecule has 0 spiro atoms. The fourth-order valence-corrected chi connectivity index (χ4v) is 5.50. The maximum Gasteiger partial charge on any atom is 0.139 e. The van der Waals surface area contributed by atoms with Crippen LogP contribution in [0.15, 0.2) is 83.3 Å². The highest BCUT2D eigenvalue weighted by molar-refractivity contribution is 6.26. The number of aromatic nitrogens is 1. The third-order valence-electron chi connectivity index (χ3n) is 6.85. The Bertz CT molecular complexity index is 2060. The molecule has 0 radical (unpaired) electrons. The summed E-state index contributed by atoms with van der Waals surface area (Å²) < 4.78 is 8.31. The van der Waals surface area contributed by atoms with Gasteiger partial charge in [-0.05, 0) is 65.4 Å². The van der Waals surface area contributed by atoms with Crippen molar-refractivity contribution in [1.29, 1.82) is 0 Å². The minimum absolute atomic E-state index is 0.198. The molecule has 3 aromatic heterocycles. The fourth-order valence-electron chi connectivity index (χ4n) is 5.50. The van der Waals surface area contributed by atoms with Crippen LogP contribution in [0.2, 0.25) is 0 Å². The summed E-state index contributed by atoms with van der Waals surface area (Å²) in [6.45, 7) is 0. The van der Waals surface area contributed by atoms with Gasteiger partial charge in [-0.15, -0.1) is 0 Å². The van der Waals surface area contributed by atoms with Crippen molar-refractivity contribution in [2.75, 3.05) is 0 Å². The number of nitrogens with zero attached hydrogens (tertiary/aromatic N) is 1.